The van der Waals surface area contributed by atoms with Crippen molar-refractivity contribution in [1.29, 1.82) is 0 Å². The third-order valence-electron chi connectivity index (χ3n) is 2.34. The fourth-order valence-corrected chi connectivity index (χ4v) is 1.25. The number of hydrogen-bond acceptors (Lipinski definition) is 4. The lowest BCUT2D eigenvalue weighted by Gasteiger charge is -2.16. The zero-order valence-corrected chi connectivity index (χ0v) is 10.5. The molecule has 102 valence electrons. The molecule has 19 heavy (non-hydrogen) atoms. The Labute approximate surface area is 109 Å². The number of carbonyl (C=O) groups is 2. The van der Waals surface area contributed by atoms with Crippen molar-refractivity contribution in [3.05, 3.63) is 34.4 Å². The molecule has 0 saturated carbocycles. The fourth-order valence-electron chi connectivity index (χ4n) is 1.25. The van der Waals surface area contributed by atoms with E-state index in [0.717, 1.165) is 0 Å². The third-order valence-corrected chi connectivity index (χ3v) is 2.34. The van der Waals surface area contributed by atoms with Crippen LogP contribution in [0.3, 0.4) is 0 Å². The number of hydrogen-bond donors (Lipinski definition) is 2. The predicted molar refractivity (Wildman–Crippen MR) is 68.8 cm³/mol. The van der Waals surface area contributed by atoms with E-state index in [1.54, 1.807) is 0 Å². The van der Waals surface area contributed by atoms with Gasteiger partial charge in [-0.25, -0.2) is 4.79 Å². The summed E-state index contributed by atoms with van der Waals surface area (Å²) in [6.45, 7) is -0.0741. The van der Waals surface area contributed by atoms with Gasteiger partial charge >= 0.3 is 6.03 Å². The molecule has 2 N–H and O–H groups in total. The number of anilines is 1. The lowest BCUT2D eigenvalue weighted by atomic mass is 10.3. The molecule has 0 radical (unpaired) electrons. The van der Waals surface area contributed by atoms with Crippen LogP contribution in [0, 0.1) is 10.1 Å². The molecule has 0 aromatic heterocycles. The van der Waals surface area contributed by atoms with E-state index < -0.39 is 11.0 Å². The number of nitrogens with zero attached hydrogens (tertiary/aromatic N) is 2. The van der Waals surface area contributed by atoms with Crippen LogP contribution in [0.15, 0.2) is 24.3 Å². The van der Waals surface area contributed by atoms with Crippen LogP contribution in [0.4, 0.5) is 16.2 Å². The quantitative estimate of drug-likeness (QED) is 0.621. The van der Waals surface area contributed by atoms with Crippen molar-refractivity contribution < 1.29 is 14.5 Å². The van der Waals surface area contributed by atoms with Gasteiger partial charge in [0.05, 0.1) is 4.92 Å². The SMILES string of the molecule is CNC(=O)CN(C)C(=O)Nc1ccc([N+](=O)[O-])cc1. The van der Waals surface area contributed by atoms with Crippen molar-refractivity contribution in [2.24, 2.45) is 0 Å². The highest BCUT2D eigenvalue weighted by atomic mass is 16.6. The van der Waals surface area contributed by atoms with Crippen LogP contribution in [0.2, 0.25) is 0 Å². The van der Waals surface area contributed by atoms with Gasteiger partial charge in [-0.3, -0.25) is 14.9 Å². The summed E-state index contributed by atoms with van der Waals surface area (Å²) >= 11 is 0. The van der Waals surface area contributed by atoms with Gasteiger partial charge in [-0.1, -0.05) is 0 Å². The number of rotatable bonds is 4. The molecule has 0 fully saturated rings. The fraction of sp³-hybridized carbons (Fsp3) is 0.273. The summed E-state index contributed by atoms with van der Waals surface area (Å²) in [5, 5.41) is 15.4. The van der Waals surface area contributed by atoms with E-state index in [1.807, 2.05) is 0 Å². The second-order valence-corrected chi connectivity index (χ2v) is 3.76. The Morgan fingerprint density at radius 3 is 2.37 bits per heavy atom. The van der Waals surface area contributed by atoms with Crippen LogP contribution in [0.1, 0.15) is 0 Å². The Kier molecular flexibility index (Phi) is 4.81. The largest absolute Gasteiger partial charge is 0.358 e. The van der Waals surface area contributed by atoms with Gasteiger partial charge < -0.3 is 15.5 Å². The van der Waals surface area contributed by atoms with Crippen LogP contribution in [0.5, 0.6) is 0 Å². The molecule has 0 aliphatic rings. The Bertz CT molecular complexity index is 486. The molecule has 3 amide bonds. The minimum atomic E-state index is -0.524. The third kappa shape index (κ3) is 4.26. The molecule has 0 aliphatic heterocycles. The van der Waals surface area contributed by atoms with E-state index in [2.05, 4.69) is 10.6 Å². The lowest BCUT2D eigenvalue weighted by molar-refractivity contribution is -0.384. The first-order valence-electron chi connectivity index (χ1n) is 5.41. The van der Waals surface area contributed by atoms with Gasteiger partial charge in [0.1, 0.15) is 6.54 Å². The van der Waals surface area contributed by atoms with Gasteiger partial charge in [0.2, 0.25) is 5.91 Å². The summed E-state index contributed by atoms with van der Waals surface area (Å²) in [4.78, 5) is 33.9. The Morgan fingerprint density at radius 2 is 1.89 bits per heavy atom. The molecular weight excluding hydrogens is 252 g/mol. The smallest absolute Gasteiger partial charge is 0.322 e. The number of nitrogens with one attached hydrogen (secondary N) is 2. The summed E-state index contributed by atoms with van der Waals surface area (Å²) < 4.78 is 0. The molecule has 8 heteroatoms. The van der Waals surface area contributed by atoms with Crippen LogP contribution >= 0.6 is 0 Å². The zero-order chi connectivity index (χ0) is 14.4. The molecule has 1 aromatic rings. The number of urea groups is 1. The van der Waals surface area contributed by atoms with E-state index in [4.69, 9.17) is 0 Å². The van der Waals surface area contributed by atoms with Gasteiger partial charge in [-0.2, -0.15) is 0 Å². The maximum atomic E-state index is 11.7. The summed E-state index contributed by atoms with van der Waals surface area (Å²) in [7, 11) is 2.94. The first-order valence-corrected chi connectivity index (χ1v) is 5.41. The Balaban J connectivity index is 2.61. The Morgan fingerprint density at radius 1 is 1.32 bits per heavy atom. The second-order valence-electron chi connectivity index (χ2n) is 3.76. The van der Waals surface area contributed by atoms with Gasteiger partial charge in [0.25, 0.3) is 5.69 Å². The number of nitro benzene ring substituents is 1. The predicted octanol–water partition coefficient (Wildman–Crippen LogP) is 0.804. The molecule has 1 rings (SSSR count). The number of likely N-dealkylation sites (N-methyl/N-ethyl adjacent to an activating group) is 2. The van der Waals surface area contributed by atoms with Gasteiger partial charge in [-0.15, -0.1) is 0 Å². The number of nitro groups is 1. The maximum Gasteiger partial charge on any atom is 0.322 e. The maximum absolute atomic E-state index is 11.7. The average Bonchev–Trinajstić information content (AvgIpc) is 2.38. The van der Waals surface area contributed by atoms with E-state index in [0.29, 0.717) is 5.69 Å². The van der Waals surface area contributed by atoms with Crippen LogP contribution in [-0.4, -0.2) is 42.4 Å². The molecule has 0 aliphatic carbocycles. The number of carbonyl (C=O) groups excluding carboxylic acids is 2. The van der Waals surface area contributed by atoms with E-state index in [-0.39, 0.29) is 18.1 Å². The highest BCUT2D eigenvalue weighted by Crippen LogP contribution is 2.15. The molecular formula is C11H14N4O4. The first kappa shape index (κ1) is 14.4. The van der Waals surface area contributed by atoms with Gasteiger partial charge in [0.15, 0.2) is 0 Å². The van der Waals surface area contributed by atoms with Crippen molar-refractivity contribution in [2.45, 2.75) is 0 Å². The molecule has 0 saturated heterocycles. The van der Waals surface area contributed by atoms with Gasteiger partial charge in [0, 0.05) is 31.9 Å². The molecule has 0 bridgehead atoms. The van der Waals surface area contributed by atoms with Crippen molar-refractivity contribution in [2.75, 3.05) is 26.0 Å². The molecule has 0 spiro atoms. The van der Waals surface area contributed by atoms with Crippen LogP contribution in [0.25, 0.3) is 0 Å². The monoisotopic (exact) mass is 266 g/mol. The number of non-ortho nitro benzene ring substituents is 1. The highest BCUT2D eigenvalue weighted by molar-refractivity contribution is 5.92. The molecule has 1 aromatic carbocycles. The van der Waals surface area contributed by atoms with Crippen LogP contribution in [-0.2, 0) is 4.79 Å². The standard InChI is InChI=1S/C11H14N4O4/c1-12-10(16)7-14(2)11(17)13-8-3-5-9(6-4-8)15(18)19/h3-6H,7H2,1-2H3,(H,12,16)(H,13,17). The molecule has 0 heterocycles. The summed E-state index contributed by atoms with van der Waals surface area (Å²) in [6.07, 6.45) is 0. The molecule has 0 atom stereocenters. The van der Waals surface area contributed by atoms with E-state index >= 15 is 0 Å². The van der Waals surface area contributed by atoms with Gasteiger partial charge in [-0.05, 0) is 12.1 Å². The van der Waals surface area contributed by atoms with Crippen molar-refractivity contribution in [3.8, 4) is 0 Å². The minimum Gasteiger partial charge on any atom is -0.358 e. The zero-order valence-electron chi connectivity index (χ0n) is 10.5. The normalized spacial score (nSPS) is 9.58. The summed E-state index contributed by atoms with van der Waals surface area (Å²) in [5.41, 5.74) is 0.357. The summed E-state index contributed by atoms with van der Waals surface area (Å²) in [5.74, 6) is -0.290. The van der Waals surface area contributed by atoms with Crippen molar-refractivity contribution in [1.82, 2.24) is 10.2 Å². The first-order chi connectivity index (χ1) is 8.93. The topological polar surface area (TPSA) is 105 Å². The summed E-state index contributed by atoms with van der Waals surface area (Å²) in [6, 6.07) is 4.94. The van der Waals surface area contributed by atoms with E-state index in [9.17, 15) is 19.7 Å². The van der Waals surface area contributed by atoms with Crippen LogP contribution < -0.4 is 10.6 Å². The molecule has 0 unspecified atom stereocenters. The molecule has 8 nitrogen and oxygen atoms in total. The average molecular weight is 266 g/mol. The minimum absolute atomic E-state index is 0.0586. The van der Waals surface area contributed by atoms with E-state index in [1.165, 1.54) is 43.3 Å². The Hall–Kier alpha value is -2.64. The van der Waals surface area contributed by atoms with Crippen molar-refractivity contribution >= 4 is 23.3 Å². The van der Waals surface area contributed by atoms with Crippen molar-refractivity contribution in [3.63, 3.8) is 0 Å². The highest BCUT2D eigenvalue weighted by Gasteiger charge is 2.12. The second kappa shape index (κ2) is 6.34. The lowest BCUT2D eigenvalue weighted by Crippen LogP contribution is -2.39. The number of benzene rings is 1. The number of amides is 3.